The van der Waals surface area contributed by atoms with Crippen LogP contribution in [-0.2, 0) is 16.0 Å². The Balaban J connectivity index is 1.23. The van der Waals surface area contributed by atoms with Crippen molar-refractivity contribution in [1.82, 2.24) is 21.0 Å². The number of benzene rings is 2. The smallest absolute Gasteiger partial charge is 0.283 e. The molecule has 1 aliphatic heterocycles. The number of fused-ring (bicyclic) bond motifs is 1. The number of nitrogens with one attached hydrogen (secondary N) is 2. The van der Waals surface area contributed by atoms with E-state index >= 15 is 0 Å². The first kappa shape index (κ1) is 21.4. The fourth-order valence-electron chi connectivity index (χ4n) is 3.13. The molecule has 4 rings (SSSR count). The van der Waals surface area contributed by atoms with Crippen LogP contribution in [0.2, 0.25) is 0 Å². The zero-order chi connectivity index (χ0) is 22.5. The van der Waals surface area contributed by atoms with Crippen molar-refractivity contribution in [1.29, 1.82) is 0 Å². The van der Waals surface area contributed by atoms with Gasteiger partial charge in [-0.25, -0.2) is 0 Å². The Morgan fingerprint density at radius 2 is 1.81 bits per heavy atom. The number of aryl methyl sites for hydroxylation is 1. The number of para-hydroxylation sites is 2. The molecule has 2 aromatic carbocycles. The largest absolute Gasteiger partial charge is 0.485 e. The van der Waals surface area contributed by atoms with E-state index in [2.05, 4.69) is 34.8 Å². The van der Waals surface area contributed by atoms with Crippen LogP contribution in [0.25, 0.3) is 11.4 Å². The first-order chi connectivity index (χ1) is 15.5. The number of nitrogens with zero attached hydrogens (tertiary/aromatic N) is 2. The van der Waals surface area contributed by atoms with Gasteiger partial charge in [-0.1, -0.05) is 55.4 Å². The number of hydrazine groups is 1. The van der Waals surface area contributed by atoms with E-state index in [1.165, 1.54) is 5.56 Å². The van der Waals surface area contributed by atoms with Gasteiger partial charge in [-0.3, -0.25) is 20.4 Å². The average molecular weight is 436 g/mol. The minimum Gasteiger partial charge on any atom is -0.485 e. The molecule has 1 atom stereocenters. The second-order valence-electron chi connectivity index (χ2n) is 7.69. The summed E-state index contributed by atoms with van der Waals surface area (Å²) < 4.78 is 16.3. The third-order valence-corrected chi connectivity index (χ3v) is 5.00. The van der Waals surface area contributed by atoms with E-state index in [4.69, 9.17) is 14.0 Å². The second kappa shape index (κ2) is 9.51. The van der Waals surface area contributed by atoms with Gasteiger partial charge in [0.15, 0.2) is 11.5 Å². The lowest BCUT2D eigenvalue weighted by Gasteiger charge is -2.25. The van der Waals surface area contributed by atoms with E-state index < -0.39 is 17.9 Å². The summed E-state index contributed by atoms with van der Waals surface area (Å²) in [4.78, 5) is 28.7. The molecule has 9 heteroatoms. The minimum atomic E-state index is -0.856. The first-order valence-corrected chi connectivity index (χ1v) is 10.4. The number of carbonyl (C=O) groups excluding carboxylic acids is 2. The van der Waals surface area contributed by atoms with Crippen molar-refractivity contribution in [2.75, 3.05) is 6.61 Å². The fraction of sp³-hybridized carbons (Fsp3) is 0.304. The number of amides is 2. The third-order valence-electron chi connectivity index (χ3n) is 5.00. The van der Waals surface area contributed by atoms with Gasteiger partial charge in [0.2, 0.25) is 23.7 Å². The summed E-state index contributed by atoms with van der Waals surface area (Å²) >= 11 is 0. The van der Waals surface area contributed by atoms with E-state index in [-0.39, 0.29) is 19.4 Å². The van der Waals surface area contributed by atoms with Crippen molar-refractivity contribution in [3.8, 4) is 22.9 Å². The van der Waals surface area contributed by atoms with Gasteiger partial charge in [-0.2, -0.15) is 4.98 Å². The van der Waals surface area contributed by atoms with Crippen molar-refractivity contribution in [2.45, 2.75) is 38.7 Å². The van der Waals surface area contributed by atoms with Crippen molar-refractivity contribution in [3.63, 3.8) is 0 Å². The predicted molar refractivity (Wildman–Crippen MR) is 115 cm³/mol. The molecule has 9 nitrogen and oxygen atoms in total. The zero-order valence-corrected chi connectivity index (χ0v) is 17.8. The van der Waals surface area contributed by atoms with E-state index in [1.54, 1.807) is 18.2 Å². The second-order valence-corrected chi connectivity index (χ2v) is 7.69. The molecule has 0 fully saturated rings. The molecular weight excluding hydrogens is 412 g/mol. The fourth-order valence-corrected chi connectivity index (χ4v) is 3.13. The van der Waals surface area contributed by atoms with Crippen LogP contribution in [0, 0.1) is 0 Å². The maximum absolute atomic E-state index is 12.2. The highest BCUT2D eigenvalue weighted by atomic mass is 16.6. The van der Waals surface area contributed by atoms with E-state index in [0.717, 1.165) is 5.56 Å². The maximum Gasteiger partial charge on any atom is 0.283 e. The Labute approximate surface area is 185 Å². The quantitative estimate of drug-likeness (QED) is 0.571. The third kappa shape index (κ3) is 5.05. The van der Waals surface area contributed by atoms with Crippen LogP contribution >= 0.6 is 0 Å². The number of hydrogen-bond donors (Lipinski definition) is 2. The Kier molecular flexibility index (Phi) is 6.34. The summed E-state index contributed by atoms with van der Waals surface area (Å²) in [6.45, 7) is 4.31. The van der Waals surface area contributed by atoms with Crippen LogP contribution in [0.4, 0.5) is 0 Å². The van der Waals surface area contributed by atoms with Gasteiger partial charge in [0.25, 0.3) is 5.91 Å². The summed E-state index contributed by atoms with van der Waals surface area (Å²) in [5.74, 6) is 1.42. The lowest BCUT2D eigenvalue weighted by atomic mass is 10.0. The standard InChI is InChI=1S/C23H24N4O5/c1-14(2)15-7-9-16(10-8-15)22-24-21(32-27-22)12-11-20(28)25-26-23(29)19-13-30-17-5-3-4-6-18(17)31-19/h3-10,14,19H,11-13H2,1-2H3,(H,25,28)(H,26,29). The molecule has 0 saturated heterocycles. The highest BCUT2D eigenvalue weighted by Gasteiger charge is 2.27. The SMILES string of the molecule is CC(C)c1ccc(-c2noc(CCC(=O)NNC(=O)C3COc4ccccc4O3)n2)cc1. The summed E-state index contributed by atoms with van der Waals surface area (Å²) in [6.07, 6.45) is -0.542. The van der Waals surface area contributed by atoms with Crippen LogP contribution in [0.15, 0.2) is 53.1 Å². The molecule has 32 heavy (non-hydrogen) atoms. The molecular formula is C23H24N4O5. The maximum atomic E-state index is 12.2. The molecule has 3 aromatic rings. The molecule has 0 aliphatic carbocycles. The van der Waals surface area contributed by atoms with Crippen molar-refractivity contribution < 1.29 is 23.6 Å². The van der Waals surface area contributed by atoms with Crippen molar-refractivity contribution >= 4 is 11.8 Å². The lowest BCUT2D eigenvalue weighted by molar-refractivity contribution is -0.135. The molecule has 1 aromatic heterocycles. The lowest BCUT2D eigenvalue weighted by Crippen LogP contribution is -2.50. The van der Waals surface area contributed by atoms with Crippen molar-refractivity contribution in [3.05, 3.63) is 60.0 Å². The van der Waals surface area contributed by atoms with Gasteiger partial charge in [0.1, 0.15) is 6.61 Å². The number of ether oxygens (including phenoxy) is 2. The monoisotopic (exact) mass is 436 g/mol. The first-order valence-electron chi connectivity index (χ1n) is 10.4. The Morgan fingerprint density at radius 3 is 2.56 bits per heavy atom. The number of aromatic nitrogens is 2. The van der Waals surface area contributed by atoms with Crippen LogP contribution in [0.3, 0.4) is 0 Å². The molecule has 166 valence electrons. The van der Waals surface area contributed by atoms with Crippen LogP contribution in [0.1, 0.15) is 37.6 Å². The molecule has 0 radical (unpaired) electrons. The summed E-state index contributed by atoms with van der Waals surface area (Å²) in [5, 5.41) is 3.97. The molecule has 0 bridgehead atoms. The summed E-state index contributed by atoms with van der Waals surface area (Å²) in [7, 11) is 0. The molecule has 1 aliphatic rings. The molecule has 0 spiro atoms. The van der Waals surface area contributed by atoms with E-state index in [9.17, 15) is 9.59 Å². The van der Waals surface area contributed by atoms with Gasteiger partial charge >= 0.3 is 0 Å². The summed E-state index contributed by atoms with van der Waals surface area (Å²) in [6, 6.07) is 15.0. The van der Waals surface area contributed by atoms with E-state index in [1.807, 2.05) is 30.3 Å². The van der Waals surface area contributed by atoms with Gasteiger partial charge in [-0.05, 0) is 23.6 Å². The Morgan fingerprint density at radius 1 is 1.06 bits per heavy atom. The van der Waals surface area contributed by atoms with Crippen molar-refractivity contribution in [2.24, 2.45) is 0 Å². The minimum absolute atomic E-state index is 0.0572. The average Bonchev–Trinajstić information content (AvgIpc) is 3.30. The highest BCUT2D eigenvalue weighted by molar-refractivity contribution is 5.85. The molecule has 2 amide bonds. The van der Waals surface area contributed by atoms with Gasteiger partial charge in [0, 0.05) is 18.4 Å². The molecule has 2 heterocycles. The number of rotatable bonds is 6. The Hall–Kier alpha value is -3.88. The normalized spacial score (nSPS) is 14.8. The van der Waals surface area contributed by atoms with Gasteiger partial charge in [0.05, 0.1) is 0 Å². The van der Waals surface area contributed by atoms with Crippen LogP contribution in [-0.4, -0.2) is 34.7 Å². The van der Waals surface area contributed by atoms with Crippen LogP contribution in [0.5, 0.6) is 11.5 Å². The van der Waals surface area contributed by atoms with Crippen LogP contribution < -0.4 is 20.3 Å². The Bertz CT molecular complexity index is 1090. The molecule has 2 N–H and O–H groups in total. The topological polar surface area (TPSA) is 116 Å². The van der Waals surface area contributed by atoms with Gasteiger partial charge < -0.3 is 14.0 Å². The molecule has 1 unspecified atom stereocenters. The number of carbonyl (C=O) groups is 2. The highest BCUT2D eigenvalue weighted by Crippen LogP contribution is 2.30. The number of hydrogen-bond acceptors (Lipinski definition) is 7. The molecule has 0 saturated carbocycles. The predicted octanol–water partition coefficient (Wildman–Crippen LogP) is 2.78. The zero-order valence-electron chi connectivity index (χ0n) is 17.8. The van der Waals surface area contributed by atoms with E-state index in [0.29, 0.717) is 29.1 Å². The summed E-state index contributed by atoms with van der Waals surface area (Å²) in [5.41, 5.74) is 6.79. The van der Waals surface area contributed by atoms with Gasteiger partial charge in [-0.15, -0.1) is 0 Å².